The molecule has 0 bridgehead atoms. The SMILES string of the molecule is CO[C@H]1C[C@@H]2N(C(=O)OC(C)(C)C)C[C@H](O)[C@]2(c2ccc3c(c2)OCO3)[C@@H](O)C1. The van der Waals surface area contributed by atoms with Gasteiger partial charge in [0.1, 0.15) is 5.60 Å². The highest BCUT2D eigenvalue weighted by molar-refractivity contribution is 5.70. The van der Waals surface area contributed by atoms with Gasteiger partial charge in [-0.1, -0.05) is 6.07 Å². The van der Waals surface area contributed by atoms with Crippen molar-refractivity contribution < 1.29 is 34.0 Å². The van der Waals surface area contributed by atoms with Crippen molar-refractivity contribution in [2.24, 2.45) is 0 Å². The van der Waals surface area contributed by atoms with Crippen LogP contribution in [0.5, 0.6) is 11.5 Å². The second kappa shape index (κ2) is 7.04. The zero-order valence-corrected chi connectivity index (χ0v) is 17.3. The van der Waals surface area contributed by atoms with E-state index in [1.807, 2.05) is 6.07 Å². The van der Waals surface area contributed by atoms with Gasteiger partial charge in [-0.15, -0.1) is 0 Å². The fourth-order valence-electron chi connectivity index (χ4n) is 4.96. The van der Waals surface area contributed by atoms with Gasteiger partial charge in [0, 0.05) is 13.5 Å². The van der Waals surface area contributed by atoms with Crippen LogP contribution in [0.3, 0.4) is 0 Å². The van der Waals surface area contributed by atoms with Crippen molar-refractivity contribution in [1.29, 1.82) is 0 Å². The van der Waals surface area contributed by atoms with E-state index in [4.69, 9.17) is 18.9 Å². The van der Waals surface area contributed by atoms with E-state index in [-0.39, 0.29) is 19.4 Å². The number of rotatable bonds is 2. The minimum atomic E-state index is -1.06. The molecule has 1 amide bonds. The summed E-state index contributed by atoms with van der Waals surface area (Å²) in [7, 11) is 1.59. The van der Waals surface area contributed by atoms with Gasteiger partial charge < -0.3 is 34.1 Å². The Hall–Kier alpha value is -2.03. The Labute approximate surface area is 170 Å². The van der Waals surface area contributed by atoms with Crippen LogP contribution >= 0.6 is 0 Å². The zero-order chi connectivity index (χ0) is 21.0. The van der Waals surface area contributed by atoms with Crippen LogP contribution in [0.25, 0.3) is 0 Å². The molecule has 5 atom stereocenters. The minimum absolute atomic E-state index is 0.0709. The summed E-state index contributed by atoms with van der Waals surface area (Å²) in [6, 6.07) is 4.93. The predicted molar refractivity (Wildman–Crippen MR) is 103 cm³/mol. The van der Waals surface area contributed by atoms with E-state index in [0.29, 0.717) is 29.9 Å². The van der Waals surface area contributed by atoms with E-state index in [1.54, 1.807) is 40.0 Å². The number of carbonyl (C=O) groups is 1. The van der Waals surface area contributed by atoms with E-state index in [1.165, 1.54) is 4.90 Å². The smallest absolute Gasteiger partial charge is 0.410 e. The number of ether oxygens (including phenoxy) is 4. The number of likely N-dealkylation sites (tertiary alicyclic amines) is 1. The van der Waals surface area contributed by atoms with Crippen LogP contribution in [0.2, 0.25) is 0 Å². The molecule has 0 radical (unpaired) electrons. The molecular weight excluding hydrogens is 378 g/mol. The van der Waals surface area contributed by atoms with E-state index in [9.17, 15) is 15.0 Å². The largest absolute Gasteiger partial charge is 0.454 e. The lowest BCUT2D eigenvalue weighted by Crippen LogP contribution is -2.60. The molecule has 29 heavy (non-hydrogen) atoms. The van der Waals surface area contributed by atoms with Crippen molar-refractivity contribution in [3.05, 3.63) is 23.8 Å². The Kier molecular flexibility index (Phi) is 4.91. The summed E-state index contributed by atoms with van der Waals surface area (Å²) >= 11 is 0. The second-order valence-corrected chi connectivity index (χ2v) is 9.01. The summed E-state index contributed by atoms with van der Waals surface area (Å²) in [6.45, 7) is 5.61. The number of carbonyl (C=O) groups excluding carboxylic acids is 1. The molecule has 2 fully saturated rings. The highest BCUT2D eigenvalue weighted by atomic mass is 16.7. The van der Waals surface area contributed by atoms with Gasteiger partial charge in [0.25, 0.3) is 0 Å². The third-order valence-corrected chi connectivity index (χ3v) is 6.21. The van der Waals surface area contributed by atoms with Gasteiger partial charge in [-0.05, 0) is 44.9 Å². The van der Waals surface area contributed by atoms with Crippen LogP contribution in [0.15, 0.2) is 18.2 Å². The summed E-state index contributed by atoms with van der Waals surface area (Å²) in [4.78, 5) is 14.5. The molecule has 0 aromatic heterocycles. The lowest BCUT2D eigenvalue weighted by atomic mass is 9.62. The third-order valence-electron chi connectivity index (χ3n) is 6.21. The number of hydrogen-bond donors (Lipinski definition) is 2. The second-order valence-electron chi connectivity index (χ2n) is 9.01. The van der Waals surface area contributed by atoms with E-state index in [2.05, 4.69) is 0 Å². The topological polar surface area (TPSA) is 97.7 Å². The molecule has 4 rings (SSSR count). The number of amides is 1. The maximum atomic E-state index is 12.9. The first-order chi connectivity index (χ1) is 13.7. The maximum absolute atomic E-state index is 12.9. The minimum Gasteiger partial charge on any atom is -0.454 e. The molecule has 0 spiro atoms. The molecule has 2 N–H and O–H groups in total. The Morgan fingerprint density at radius 3 is 2.59 bits per heavy atom. The number of nitrogens with zero attached hydrogens (tertiary/aromatic N) is 1. The Balaban J connectivity index is 1.77. The van der Waals surface area contributed by atoms with Crippen LogP contribution in [0.1, 0.15) is 39.2 Å². The van der Waals surface area contributed by atoms with E-state index in [0.717, 1.165) is 0 Å². The molecule has 8 nitrogen and oxygen atoms in total. The molecule has 1 aromatic carbocycles. The summed E-state index contributed by atoms with van der Waals surface area (Å²) in [5, 5.41) is 22.4. The molecule has 3 aliphatic rings. The third kappa shape index (κ3) is 3.23. The average molecular weight is 407 g/mol. The molecular formula is C21H29NO7. The van der Waals surface area contributed by atoms with Crippen LogP contribution in [-0.2, 0) is 14.9 Å². The number of methoxy groups -OCH3 is 1. The molecule has 8 heteroatoms. The highest BCUT2D eigenvalue weighted by Gasteiger charge is 2.63. The fraction of sp³-hybridized carbons (Fsp3) is 0.667. The lowest BCUT2D eigenvalue weighted by molar-refractivity contribution is -0.0809. The fourth-order valence-corrected chi connectivity index (χ4v) is 4.96. The summed E-state index contributed by atoms with van der Waals surface area (Å²) in [6.07, 6.45) is -1.76. The number of fused-ring (bicyclic) bond motifs is 2. The van der Waals surface area contributed by atoms with Crippen LogP contribution in [-0.4, -0.2) is 71.6 Å². The van der Waals surface area contributed by atoms with Crippen molar-refractivity contribution in [2.45, 2.75) is 69.0 Å². The van der Waals surface area contributed by atoms with Gasteiger partial charge in [-0.2, -0.15) is 0 Å². The van der Waals surface area contributed by atoms with Crippen molar-refractivity contribution >= 4 is 6.09 Å². The van der Waals surface area contributed by atoms with Crippen LogP contribution in [0.4, 0.5) is 4.79 Å². The van der Waals surface area contributed by atoms with Crippen molar-refractivity contribution in [1.82, 2.24) is 4.90 Å². The standard InChI is InChI=1S/C21H29NO7/c1-20(2,3)29-19(25)22-10-18(24)21(16(22)8-13(26-4)9-17(21)23)12-5-6-14-15(7-12)28-11-27-14/h5-7,13,16-18,23-24H,8-11H2,1-4H3/t13-,16-,17-,18-,21-/m0/s1. The molecule has 2 heterocycles. The van der Waals surface area contributed by atoms with Crippen molar-refractivity contribution in [2.75, 3.05) is 20.4 Å². The maximum Gasteiger partial charge on any atom is 0.410 e. The molecule has 1 saturated carbocycles. The number of hydrogen-bond acceptors (Lipinski definition) is 7. The molecule has 160 valence electrons. The highest BCUT2D eigenvalue weighted by Crippen LogP contribution is 2.51. The summed E-state index contributed by atoms with van der Waals surface area (Å²) < 4.78 is 22.0. The van der Waals surface area contributed by atoms with Gasteiger partial charge in [-0.25, -0.2) is 4.79 Å². The average Bonchev–Trinajstić information content (AvgIpc) is 3.22. The monoisotopic (exact) mass is 407 g/mol. The van der Waals surface area contributed by atoms with Gasteiger partial charge >= 0.3 is 6.09 Å². The van der Waals surface area contributed by atoms with Gasteiger partial charge in [0.2, 0.25) is 6.79 Å². The normalized spacial score (nSPS) is 33.5. The quantitative estimate of drug-likeness (QED) is 0.771. The first-order valence-electron chi connectivity index (χ1n) is 9.95. The first-order valence-corrected chi connectivity index (χ1v) is 9.95. The van der Waals surface area contributed by atoms with Gasteiger partial charge in [0.05, 0.1) is 36.3 Å². The van der Waals surface area contributed by atoms with E-state index < -0.39 is 35.4 Å². The molecule has 0 unspecified atom stereocenters. The molecule has 2 aliphatic heterocycles. The summed E-state index contributed by atoms with van der Waals surface area (Å²) in [5.74, 6) is 1.19. The van der Waals surface area contributed by atoms with Gasteiger partial charge in [-0.3, -0.25) is 0 Å². The number of β-amino-alcohol motifs (C(OH)–C–C–N with tert-alkyl or cyclic N) is 1. The first kappa shape index (κ1) is 20.3. The van der Waals surface area contributed by atoms with Gasteiger partial charge in [0.15, 0.2) is 11.5 Å². The molecule has 1 aliphatic carbocycles. The number of aliphatic hydroxyl groups is 2. The van der Waals surface area contributed by atoms with Crippen LogP contribution < -0.4 is 9.47 Å². The zero-order valence-electron chi connectivity index (χ0n) is 17.3. The summed E-state index contributed by atoms with van der Waals surface area (Å²) in [5.41, 5.74) is -1.01. The molecule has 1 aromatic rings. The Morgan fingerprint density at radius 2 is 1.90 bits per heavy atom. The van der Waals surface area contributed by atoms with Crippen LogP contribution in [0, 0.1) is 0 Å². The lowest BCUT2D eigenvalue weighted by Gasteiger charge is -2.48. The number of aliphatic hydroxyl groups excluding tert-OH is 2. The molecule has 1 saturated heterocycles. The Bertz CT molecular complexity index is 792. The Morgan fingerprint density at radius 1 is 1.17 bits per heavy atom. The van der Waals surface area contributed by atoms with Crippen molar-refractivity contribution in [3.8, 4) is 11.5 Å². The number of benzene rings is 1. The van der Waals surface area contributed by atoms with E-state index >= 15 is 0 Å². The predicted octanol–water partition coefficient (Wildman–Crippen LogP) is 1.80. The van der Waals surface area contributed by atoms with Crippen molar-refractivity contribution in [3.63, 3.8) is 0 Å².